The molecule has 0 unspecified atom stereocenters. The van der Waals surface area contributed by atoms with Crippen LogP contribution in [0.15, 0.2) is 152 Å². The largest absolute Gasteiger partial charge is 0.508 e. The van der Waals surface area contributed by atoms with Gasteiger partial charge < -0.3 is 38.6 Å². The van der Waals surface area contributed by atoms with Crippen LogP contribution in [0.4, 0.5) is 17.1 Å². The predicted molar refractivity (Wildman–Crippen MR) is 227 cm³/mol. The third-order valence-corrected chi connectivity index (χ3v) is 8.91. The fourth-order valence-electron chi connectivity index (χ4n) is 5.79. The lowest BCUT2D eigenvalue weighted by atomic mass is 10.1. The number of nitro benzene ring substituents is 1. The van der Waals surface area contributed by atoms with Gasteiger partial charge in [-0.2, -0.15) is 0 Å². The zero-order valence-corrected chi connectivity index (χ0v) is 33.1. The SMILES string of the molecule is O=C1OC(=O)c2cc(Oc3ccc(Oc4ccc(Oc5ccc6c(c5)C(=O)OC6=O)cc4)cc3)ccc21.Oc1ccc(Oc2ccc(O)cc2)cc1.[C-]#[N+]c1ccc([N+](=O)[O-])cc1[N+]#[C-]. The summed E-state index contributed by atoms with van der Waals surface area (Å²) in [6.45, 7) is 13.4. The third kappa shape index (κ3) is 10.7. The molecule has 2 N–H and O–H groups in total. The fraction of sp³-hybridized carbons (Fsp3) is 0. The molecule has 17 heteroatoms. The second-order valence-electron chi connectivity index (χ2n) is 13.3. The third-order valence-electron chi connectivity index (χ3n) is 8.91. The fourth-order valence-corrected chi connectivity index (χ4v) is 5.79. The highest BCUT2D eigenvalue weighted by molar-refractivity contribution is 6.15. The summed E-state index contributed by atoms with van der Waals surface area (Å²) < 4.78 is 32.0. The minimum absolute atomic E-state index is 0.0178. The Morgan fingerprint density at radius 2 is 0.723 bits per heavy atom. The first kappa shape index (κ1) is 43.1. The number of aromatic hydroxyl groups is 2. The molecule has 9 rings (SSSR count). The molecule has 0 bridgehead atoms. The monoisotopic (exact) mass is 869 g/mol. The predicted octanol–water partition coefficient (Wildman–Crippen LogP) is 11.3. The van der Waals surface area contributed by atoms with E-state index < -0.39 is 28.8 Å². The number of benzene rings is 7. The maximum atomic E-state index is 11.7. The number of non-ortho nitro benzene ring substituents is 1. The second kappa shape index (κ2) is 19.1. The highest BCUT2D eigenvalue weighted by Crippen LogP contribution is 2.34. The van der Waals surface area contributed by atoms with Crippen LogP contribution in [-0.2, 0) is 9.47 Å². The molecule has 17 nitrogen and oxygen atoms in total. The van der Waals surface area contributed by atoms with E-state index in [0.717, 1.165) is 6.07 Å². The summed E-state index contributed by atoms with van der Waals surface area (Å²) in [6, 6.07) is 39.2. The van der Waals surface area contributed by atoms with Gasteiger partial charge in [0.25, 0.3) is 5.69 Å². The Morgan fingerprint density at radius 1 is 0.415 bits per heavy atom. The lowest BCUT2D eigenvalue weighted by Crippen LogP contribution is -1.96. The summed E-state index contributed by atoms with van der Waals surface area (Å²) in [5, 5.41) is 28.4. The molecule has 0 radical (unpaired) electrons. The molecule has 7 aromatic rings. The molecule has 7 aromatic carbocycles. The Morgan fingerprint density at radius 3 is 1.06 bits per heavy atom. The van der Waals surface area contributed by atoms with Gasteiger partial charge >= 0.3 is 23.9 Å². The number of hydrogen-bond donors (Lipinski definition) is 2. The summed E-state index contributed by atoms with van der Waals surface area (Å²) in [5.41, 5.74) is 0.757. The maximum absolute atomic E-state index is 11.7. The lowest BCUT2D eigenvalue weighted by molar-refractivity contribution is -0.384. The first-order valence-electron chi connectivity index (χ1n) is 18.7. The number of nitrogens with zero attached hydrogens (tertiary/aromatic N) is 3. The molecule has 0 spiro atoms. The minimum atomic E-state index is -0.695. The Labute approximate surface area is 367 Å². The van der Waals surface area contributed by atoms with Crippen LogP contribution >= 0.6 is 0 Å². The summed E-state index contributed by atoms with van der Waals surface area (Å²) in [6.07, 6.45) is 0. The van der Waals surface area contributed by atoms with Gasteiger partial charge in [-0.1, -0.05) is 6.07 Å². The smallest absolute Gasteiger partial charge is 0.347 e. The van der Waals surface area contributed by atoms with Gasteiger partial charge in [0.2, 0.25) is 5.69 Å². The van der Waals surface area contributed by atoms with E-state index in [2.05, 4.69) is 19.2 Å². The molecule has 2 aliphatic rings. The Hall–Kier alpha value is -10.0. The summed E-state index contributed by atoms with van der Waals surface area (Å²) >= 11 is 0. The molecule has 0 saturated carbocycles. The summed E-state index contributed by atoms with van der Waals surface area (Å²) in [4.78, 5) is 62.3. The van der Waals surface area contributed by atoms with Crippen LogP contribution in [0.2, 0.25) is 0 Å². The quantitative estimate of drug-likeness (QED) is 0.0454. The van der Waals surface area contributed by atoms with Crippen LogP contribution in [-0.4, -0.2) is 39.0 Å². The van der Waals surface area contributed by atoms with Gasteiger partial charge in [-0.05, 0) is 133 Å². The lowest BCUT2D eigenvalue weighted by Gasteiger charge is -2.10. The van der Waals surface area contributed by atoms with Gasteiger partial charge in [0.05, 0.1) is 40.3 Å². The topological polar surface area (TPSA) is 216 Å². The molecule has 2 heterocycles. The normalized spacial score (nSPS) is 11.7. The molecule has 0 aromatic heterocycles. The zero-order valence-electron chi connectivity index (χ0n) is 33.1. The van der Waals surface area contributed by atoms with Crippen molar-refractivity contribution in [1.29, 1.82) is 0 Å². The second-order valence-corrected chi connectivity index (χ2v) is 13.3. The van der Waals surface area contributed by atoms with Crippen molar-refractivity contribution in [3.8, 4) is 57.5 Å². The first-order chi connectivity index (χ1) is 31.3. The van der Waals surface area contributed by atoms with Gasteiger partial charge in [0, 0.05) is 12.1 Å². The van der Waals surface area contributed by atoms with E-state index in [-0.39, 0.29) is 50.8 Å². The Balaban J connectivity index is 0.000000184. The number of esters is 4. The van der Waals surface area contributed by atoms with Crippen molar-refractivity contribution in [2.45, 2.75) is 0 Å². The van der Waals surface area contributed by atoms with Crippen molar-refractivity contribution < 1.29 is 62.7 Å². The molecule has 65 heavy (non-hydrogen) atoms. The van der Waals surface area contributed by atoms with Crippen LogP contribution in [0.25, 0.3) is 9.69 Å². The highest BCUT2D eigenvalue weighted by Gasteiger charge is 2.31. The van der Waals surface area contributed by atoms with E-state index in [0.29, 0.717) is 46.0 Å². The van der Waals surface area contributed by atoms with Crippen molar-refractivity contribution in [3.63, 3.8) is 0 Å². The summed E-state index contributed by atoms with van der Waals surface area (Å²) in [5.74, 6) is 1.87. The van der Waals surface area contributed by atoms with Crippen LogP contribution in [0.5, 0.6) is 57.5 Å². The molecule has 2 aliphatic heterocycles. The average molecular weight is 870 g/mol. The van der Waals surface area contributed by atoms with Crippen molar-refractivity contribution in [1.82, 2.24) is 0 Å². The van der Waals surface area contributed by atoms with E-state index in [1.165, 1.54) is 36.4 Å². The number of cyclic esters (lactones) is 4. The average Bonchev–Trinajstić information content (AvgIpc) is 3.76. The molecular formula is C48H27N3O14. The highest BCUT2D eigenvalue weighted by atomic mass is 16.6. The molecular weight excluding hydrogens is 843 g/mol. The van der Waals surface area contributed by atoms with Gasteiger partial charge in [-0.25, -0.2) is 24.0 Å². The number of carbonyl (C=O) groups is 4. The molecule has 318 valence electrons. The van der Waals surface area contributed by atoms with E-state index >= 15 is 0 Å². The molecule has 0 aliphatic carbocycles. The van der Waals surface area contributed by atoms with Crippen molar-refractivity contribution >= 4 is 40.9 Å². The van der Waals surface area contributed by atoms with Crippen molar-refractivity contribution in [3.05, 3.63) is 207 Å². The van der Waals surface area contributed by atoms with Crippen LogP contribution < -0.4 is 18.9 Å². The van der Waals surface area contributed by atoms with Crippen LogP contribution in [0.3, 0.4) is 0 Å². The van der Waals surface area contributed by atoms with Crippen molar-refractivity contribution in [2.24, 2.45) is 0 Å². The standard InChI is InChI=1S/C28H14O9.C12H10O3.C8H3N3O2/c29-25-21-11-9-19(13-23(21)27(31)36-25)34-17-5-1-15(2-6-17)33-16-3-7-18(8-4-16)35-20-10-12-22-24(14-20)28(32)37-26(22)30;13-9-1-5-11(6-2-9)15-12-7-3-10(14)4-8-12;1-9-7-4-3-6(11(12)13)5-8(7)10-2/h1-14H;1-8,13-14H;3-5H. The van der Waals surface area contributed by atoms with Gasteiger partial charge in [0.15, 0.2) is 5.69 Å². The van der Waals surface area contributed by atoms with Gasteiger partial charge in [-0.3, -0.25) is 15.0 Å². The van der Waals surface area contributed by atoms with E-state index in [1.807, 2.05) is 0 Å². The van der Waals surface area contributed by atoms with Crippen LogP contribution in [0.1, 0.15) is 41.4 Å². The van der Waals surface area contributed by atoms with E-state index in [1.54, 1.807) is 109 Å². The number of phenols is 2. The molecule has 0 saturated heterocycles. The van der Waals surface area contributed by atoms with Gasteiger partial charge in [-0.15, -0.1) is 0 Å². The van der Waals surface area contributed by atoms with E-state index in [4.69, 9.17) is 42.3 Å². The number of carbonyl (C=O) groups excluding carboxylic acids is 4. The molecule has 0 atom stereocenters. The number of phenolic OH excluding ortho intramolecular Hbond substituents is 2. The number of nitro groups is 1. The zero-order chi connectivity index (χ0) is 46.0. The van der Waals surface area contributed by atoms with E-state index in [9.17, 15) is 29.3 Å². The van der Waals surface area contributed by atoms with Gasteiger partial charge in [0.1, 0.15) is 57.5 Å². The number of rotatable bonds is 9. The molecule has 0 amide bonds. The Kier molecular flexibility index (Phi) is 12.7. The van der Waals surface area contributed by atoms with Crippen molar-refractivity contribution in [2.75, 3.05) is 0 Å². The van der Waals surface area contributed by atoms with Crippen LogP contribution in [0, 0.1) is 23.3 Å². The first-order valence-corrected chi connectivity index (χ1v) is 18.7. The number of ether oxygens (including phenoxy) is 6. The molecule has 0 fully saturated rings. The minimum Gasteiger partial charge on any atom is -0.508 e. The summed E-state index contributed by atoms with van der Waals surface area (Å²) in [7, 11) is 0. The number of hydrogen-bond acceptors (Lipinski definition) is 14. The Bertz CT molecular complexity index is 2900. The maximum Gasteiger partial charge on any atom is 0.347 e. The number of fused-ring (bicyclic) bond motifs is 2.